The van der Waals surface area contributed by atoms with Gasteiger partial charge in [0.15, 0.2) is 0 Å². The molecule has 2 aliphatic rings. The van der Waals surface area contributed by atoms with Crippen molar-refractivity contribution in [3.05, 3.63) is 65.7 Å². The Morgan fingerprint density at radius 1 is 0.839 bits per heavy atom. The molecule has 1 saturated heterocycles. The second-order valence-corrected chi connectivity index (χ2v) is 8.94. The first-order valence-corrected chi connectivity index (χ1v) is 11.5. The van der Waals surface area contributed by atoms with Gasteiger partial charge in [-0.2, -0.15) is 5.26 Å². The maximum Gasteiger partial charge on any atom is 0.244 e. The SMILES string of the molecule is N#CC1(C(=O)Nc2ccc(CN3CCN(Cc4ccccc4)CC3)cc2)CCCCC1. The van der Waals surface area contributed by atoms with E-state index in [1.54, 1.807) is 0 Å². The Morgan fingerprint density at radius 3 is 1.94 bits per heavy atom. The summed E-state index contributed by atoms with van der Waals surface area (Å²) in [5.74, 6) is -0.142. The van der Waals surface area contributed by atoms with Crippen molar-refractivity contribution in [3.63, 3.8) is 0 Å². The molecule has 1 amide bonds. The van der Waals surface area contributed by atoms with E-state index in [1.807, 2.05) is 12.1 Å². The number of nitrogens with one attached hydrogen (secondary N) is 1. The van der Waals surface area contributed by atoms with Gasteiger partial charge in [-0.3, -0.25) is 14.6 Å². The van der Waals surface area contributed by atoms with Crippen molar-refractivity contribution in [2.24, 2.45) is 5.41 Å². The highest BCUT2D eigenvalue weighted by molar-refractivity contribution is 5.97. The molecule has 4 rings (SSSR count). The molecule has 2 aromatic rings. The number of hydrogen-bond acceptors (Lipinski definition) is 4. The van der Waals surface area contributed by atoms with Gasteiger partial charge in [0.2, 0.25) is 5.91 Å². The number of amides is 1. The molecule has 0 unspecified atom stereocenters. The van der Waals surface area contributed by atoms with Crippen molar-refractivity contribution < 1.29 is 4.79 Å². The minimum Gasteiger partial charge on any atom is -0.325 e. The third-order valence-electron chi connectivity index (χ3n) is 6.69. The fraction of sp³-hybridized carbons (Fsp3) is 0.462. The van der Waals surface area contributed by atoms with E-state index in [0.717, 1.165) is 64.2 Å². The van der Waals surface area contributed by atoms with E-state index >= 15 is 0 Å². The summed E-state index contributed by atoms with van der Waals surface area (Å²) >= 11 is 0. The number of nitriles is 1. The number of piperazine rings is 1. The van der Waals surface area contributed by atoms with Crippen LogP contribution >= 0.6 is 0 Å². The Kier molecular flexibility index (Phi) is 7.01. The summed E-state index contributed by atoms with van der Waals surface area (Å²) in [5.41, 5.74) is 2.56. The summed E-state index contributed by atoms with van der Waals surface area (Å²) < 4.78 is 0. The normalized spacial score (nSPS) is 19.5. The first-order valence-electron chi connectivity index (χ1n) is 11.5. The number of benzene rings is 2. The monoisotopic (exact) mass is 416 g/mol. The molecule has 0 bridgehead atoms. The van der Waals surface area contributed by atoms with Crippen LogP contribution in [0.25, 0.3) is 0 Å². The predicted molar refractivity (Wildman–Crippen MR) is 123 cm³/mol. The Bertz CT molecular complexity index is 889. The predicted octanol–water partition coefficient (Wildman–Crippen LogP) is 4.42. The summed E-state index contributed by atoms with van der Waals surface area (Å²) in [6.45, 7) is 6.24. The summed E-state index contributed by atoms with van der Waals surface area (Å²) in [6.07, 6.45) is 4.37. The highest BCUT2D eigenvalue weighted by Crippen LogP contribution is 2.36. The molecular weight excluding hydrogens is 384 g/mol. The van der Waals surface area contributed by atoms with Gasteiger partial charge in [-0.1, -0.05) is 61.7 Å². The van der Waals surface area contributed by atoms with E-state index < -0.39 is 5.41 Å². The molecule has 0 aromatic heterocycles. The topological polar surface area (TPSA) is 59.4 Å². The van der Waals surface area contributed by atoms with Crippen LogP contribution in [0.3, 0.4) is 0 Å². The average Bonchev–Trinajstić information content (AvgIpc) is 2.82. The zero-order valence-electron chi connectivity index (χ0n) is 18.2. The van der Waals surface area contributed by atoms with Crippen LogP contribution < -0.4 is 5.32 Å². The third-order valence-corrected chi connectivity index (χ3v) is 6.69. The molecule has 5 nitrogen and oxygen atoms in total. The lowest BCUT2D eigenvalue weighted by Crippen LogP contribution is -2.45. The van der Waals surface area contributed by atoms with Crippen molar-refractivity contribution in [3.8, 4) is 6.07 Å². The Balaban J connectivity index is 1.25. The highest BCUT2D eigenvalue weighted by Gasteiger charge is 2.39. The van der Waals surface area contributed by atoms with E-state index in [4.69, 9.17) is 0 Å². The second kappa shape index (κ2) is 10.1. The molecule has 0 atom stereocenters. The summed E-state index contributed by atoms with van der Waals surface area (Å²) in [6, 6.07) is 21.1. The van der Waals surface area contributed by atoms with E-state index in [1.165, 1.54) is 11.1 Å². The van der Waals surface area contributed by atoms with E-state index in [2.05, 4.69) is 63.7 Å². The van der Waals surface area contributed by atoms with Crippen LogP contribution in [-0.2, 0) is 17.9 Å². The zero-order valence-corrected chi connectivity index (χ0v) is 18.2. The van der Waals surface area contributed by atoms with Crippen molar-refractivity contribution in [1.29, 1.82) is 5.26 Å². The standard InChI is InChI=1S/C26H32N4O/c27-21-26(13-5-2-6-14-26)25(31)28-24-11-9-23(10-12-24)20-30-17-15-29(16-18-30)19-22-7-3-1-4-8-22/h1,3-4,7-12H,2,5-6,13-20H2,(H,28,31). The lowest BCUT2D eigenvalue weighted by atomic mass is 9.74. The number of hydrogen-bond donors (Lipinski definition) is 1. The van der Waals surface area contributed by atoms with Gasteiger partial charge in [-0.25, -0.2) is 0 Å². The van der Waals surface area contributed by atoms with E-state index in [-0.39, 0.29) is 5.91 Å². The number of nitrogens with zero attached hydrogens (tertiary/aromatic N) is 3. The number of rotatable bonds is 6. The van der Waals surface area contributed by atoms with Crippen molar-refractivity contribution >= 4 is 11.6 Å². The summed E-state index contributed by atoms with van der Waals surface area (Å²) in [4.78, 5) is 17.7. The number of anilines is 1. The summed E-state index contributed by atoms with van der Waals surface area (Å²) in [7, 11) is 0. The minimum atomic E-state index is -0.851. The van der Waals surface area contributed by atoms with Crippen LogP contribution in [0, 0.1) is 16.7 Å². The quantitative estimate of drug-likeness (QED) is 0.757. The molecule has 1 heterocycles. The molecule has 2 aromatic carbocycles. The molecule has 0 radical (unpaired) electrons. The van der Waals surface area contributed by atoms with Crippen LogP contribution in [0.1, 0.15) is 43.2 Å². The molecular formula is C26H32N4O. The molecule has 1 aliphatic carbocycles. The fourth-order valence-corrected chi connectivity index (χ4v) is 4.69. The molecule has 2 fully saturated rings. The van der Waals surface area contributed by atoms with E-state index in [0.29, 0.717) is 12.8 Å². The van der Waals surface area contributed by atoms with Gasteiger partial charge in [0.1, 0.15) is 5.41 Å². The highest BCUT2D eigenvalue weighted by atomic mass is 16.2. The van der Waals surface area contributed by atoms with Gasteiger partial charge in [0, 0.05) is 45.0 Å². The van der Waals surface area contributed by atoms with Crippen LogP contribution in [0.4, 0.5) is 5.69 Å². The van der Waals surface area contributed by atoms with Crippen molar-refractivity contribution in [2.45, 2.75) is 45.2 Å². The second-order valence-electron chi connectivity index (χ2n) is 8.94. The molecule has 1 saturated carbocycles. The number of carbonyl (C=O) groups is 1. The van der Waals surface area contributed by atoms with Crippen LogP contribution in [0.15, 0.2) is 54.6 Å². The van der Waals surface area contributed by atoms with Gasteiger partial charge >= 0.3 is 0 Å². The molecule has 1 N–H and O–H groups in total. The third kappa shape index (κ3) is 5.52. The van der Waals surface area contributed by atoms with Gasteiger partial charge < -0.3 is 5.32 Å². The molecule has 162 valence electrons. The molecule has 31 heavy (non-hydrogen) atoms. The maximum atomic E-state index is 12.7. The van der Waals surface area contributed by atoms with Crippen LogP contribution in [0.5, 0.6) is 0 Å². The van der Waals surface area contributed by atoms with E-state index in [9.17, 15) is 10.1 Å². The van der Waals surface area contributed by atoms with Crippen molar-refractivity contribution in [2.75, 3.05) is 31.5 Å². The fourth-order valence-electron chi connectivity index (χ4n) is 4.69. The van der Waals surface area contributed by atoms with Gasteiger partial charge in [0.05, 0.1) is 6.07 Å². The molecule has 5 heteroatoms. The lowest BCUT2D eigenvalue weighted by Gasteiger charge is -2.34. The minimum absolute atomic E-state index is 0.142. The Hall–Kier alpha value is -2.68. The zero-order chi connectivity index (χ0) is 21.5. The van der Waals surface area contributed by atoms with Gasteiger partial charge in [-0.05, 0) is 36.1 Å². The van der Waals surface area contributed by atoms with Crippen LogP contribution in [-0.4, -0.2) is 41.9 Å². The molecule has 0 spiro atoms. The smallest absolute Gasteiger partial charge is 0.244 e. The summed E-state index contributed by atoms with van der Waals surface area (Å²) in [5, 5.41) is 12.6. The Morgan fingerprint density at radius 2 is 1.39 bits per heavy atom. The van der Waals surface area contributed by atoms with Gasteiger partial charge in [0.25, 0.3) is 0 Å². The molecule has 1 aliphatic heterocycles. The average molecular weight is 417 g/mol. The first kappa shape index (κ1) is 21.5. The lowest BCUT2D eigenvalue weighted by molar-refractivity contribution is -0.124. The van der Waals surface area contributed by atoms with Crippen LogP contribution in [0.2, 0.25) is 0 Å². The first-order chi connectivity index (χ1) is 15.2. The maximum absolute atomic E-state index is 12.7. The number of carbonyl (C=O) groups excluding carboxylic acids is 1. The van der Waals surface area contributed by atoms with Crippen molar-refractivity contribution in [1.82, 2.24) is 9.80 Å². The largest absolute Gasteiger partial charge is 0.325 e. The Labute approximate surface area is 185 Å². The van der Waals surface area contributed by atoms with Gasteiger partial charge in [-0.15, -0.1) is 0 Å².